The molecule has 1 amide bonds. The number of ether oxygens (including phenoxy) is 1. The molecule has 2 atom stereocenters. The summed E-state index contributed by atoms with van der Waals surface area (Å²) in [5.41, 5.74) is 0.641. The van der Waals surface area contributed by atoms with Crippen molar-refractivity contribution in [1.82, 2.24) is 4.90 Å². The minimum atomic E-state index is -0.848. The van der Waals surface area contributed by atoms with Crippen LogP contribution in [0.25, 0.3) is 0 Å². The number of amides is 1. The minimum absolute atomic E-state index is 0.113. The Morgan fingerprint density at radius 1 is 1.41 bits per heavy atom. The zero-order chi connectivity index (χ0) is 16.3. The maximum atomic E-state index is 12.5. The maximum absolute atomic E-state index is 12.5. The number of carbonyl (C=O) groups excluding carboxylic acids is 1. The Hall–Kier alpha value is -1.75. The van der Waals surface area contributed by atoms with E-state index in [0.717, 1.165) is 0 Å². The van der Waals surface area contributed by atoms with Gasteiger partial charge in [-0.3, -0.25) is 9.59 Å². The average molecular weight is 326 g/mol. The van der Waals surface area contributed by atoms with Crippen LogP contribution in [0.5, 0.6) is 5.75 Å². The van der Waals surface area contributed by atoms with Crippen molar-refractivity contribution in [3.05, 3.63) is 28.8 Å². The fraction of sp³-hybridized carbons (Fsp3) is 0.500. The lowest BCUT2D eigenvalue weighted by atomic mass is 9.90. The van der Waals surface area contributed by atoms with Crippen LogP contribution in [-0.2, 0) is 16.0 Å². The Kier molecular flexibility index (Phi) is 5.29. The predicted octanol–water partition coefficient (Wildman–Crippen LogP) is 2.46. The van der Waals surface area contributed by atoms with Gasteiger partial charge < -0.3 is 14.7 Å². The molecule has 1 saturated heterocycles. The van der Waals surface area contributed by atoms with Crippen molar-refractivity contribution in [3.8, 4) is 5.75 Å². The summed E-state index contributed by atoms with van der Waals surface area (Å²) in [4.78, 5) is 25.3. The van der Waals surface area contributed by atoms with Crippen molar-refractivity contribution >= 4 is 23.5 Å². The number of nitrogens with zero attached hydrogens (tertiary/aromatic N) is 1. The number of hydrogen-bond acceptors (Lipinski definition) is 3. The number of carbonyl (C=O) groups is 2. The van der Waals surface area contributed by atoms with Gasteiger partial charge in [0, 0.05) is 23.7 Å². The maximum Gasteiger partial charge on any atom is 0.308 e. The van der Waals surface area contributed by atoms with Gasteiger partial charge in [-0.25, -0.2) is 0 Å². The van der Waals surface area contributed by atoms with Crippen molar-refractivity contribution in [1.29, 1.82) is 0 Å². The third-order valence-electron chi connectivity index (χ3n) is 3.99. The van der Waals surface area contributed by atoms with Crippen molar-refractivity contribution in [3.63, 3.8) is 0 Å². The summed E-state index contributed by atoms with van der Waals surface area (Å²) in [5, 5.41) is 9.67. The van der Waals surface area contributed by atoms with Crippen molar-refractivity contribution < 1.29 is 19.4 Å². The van der Waals surface area contributed by atoms with E-state index < -0.39 is 11.9 Å². The molecule has 1 aromatic carbocycles. The van der Waals surface area contributed by atoms with E-state index in [0.29, 0.717) is 29.3 Å². The molecule has 0 aromatic heterocycles. The van der Waals surface area contributed by atoms with Gasteiger partial charge >= 0.3 is 5.97 Å². The fourth-order valence-corrected chi connectivity index (χ4v) is 3.13. The lowest BCUT2D eigenvalue weighted by molar-refractivity contribution is -0.146. The summed E-state index contributed by atoms with van der Waals surface area (Å²) in [6.45, 7) is 2.80. The van der Waals surface area contributed by atoms with E-state index in [1.165, 1.54) is 7.11 Å². The Morgan fingerprint density at radius 3 is 2.77 bits per heavy atom. The van der Waals surface area contributed by atoms with Gasteiger partial charge in [-0.05, 0) is 24.5 Å². The zero-order valence-electron chi connectivity index (χ0n) is 12.7. The molecule has 1 aliphatic rings. The van der Waals surface area contributed by atoms with Gasteiger partial charge in [0.15, 0.2) is 0 Å². The monoisotopic (exact) mass is 325 g/mol. The number of carboxylic acids is 1. The number of rotatable bonds is 4. The SMILES string of the molecule is COc1cccc(Cl)c1CC(=O)N1CC(C)CC(C(=O)O)C1. The number of halogens is 1. The van der Waals surface area contributed by atoms with Gasteiger partial charge in [0.2, 0.25) is 5.91 Å². The molecule has 0 spiro atoms. The molecular formula is C16H20ClNO4. The van der Waals surface area contributed by atoms with Gasteiger partial charge in [0.05, 0.1) is 19.4 Å². The van der Waals surface area contributed by atoms with Gasteiger partial charge in [-0.15, -0.1) is 0 Å². The zero-order valence-corrected chi connectivity index (χ0v) is 13.5. The van der Waals surface area contributed by atoms with Crippen LogP contribution in [0.4, 0.5) is 0 Å². The molecule has 1 aromatic rings. The van der Waals surface area contributed by atoms with E-state index in [1.807, 2.05) is 6.92 Å². The Balaban J connectivity index is 2.13. The number of aliphatic carboxylic acids is 1. The highest BCUT2D eigenvalue weighted by Crippen LogP contribution is 2.28. The largest absolute Gasteiger partial charge is 0.496 e. The first-order valence-corrected chi connectivity index (χ1v) is 7.62. The van der Waals surface area contributed by atoms with Crippen LogP contribution in [0.1, 0.15) is 18.9 Å². The normalized spacial score (nSPS) is 21.5. The van der Waals surface area contributed by atoms with Crippen LogP contribution in [0.15, 0.2) is 18.2 Å². The Bertz CT molecular complexity index is 575. The highest BCUT2D eigenvalue weighted by atomic mass is 35.5. The molecule has 0 aliphatic carbocycles. The molecule has 1 fully saturated rings. The Morgan fingerprint density at radius 2 is 2.14 bits per heavy atom. The molecule has 2 unspecified atom stereocenters. The quantitative estimate of drug-likeness (QED) is 0.923. The van der Waals surface area contributed by atoms with Gasteiger partial charge in [-0.1, -0.05) is 24.6 Å². The van der Waals surface area contributed by atoms with E-state index in [4.69, 9.17) is 16.3 Å². The first kappa shape index (κ1) is 16.6. The van der Waals surface area contributed by atoms with Crippen LogP contribution < -0.4 is 4.74 Å². The molecule has 5 nitrogen and oxygen atoms in total. The average Bonchev–Trinajstić information content (AvgIpc) is 2.48. The van der Waals surface area contributed by atoms with Crippen LogP contribution in [0.3, 0.4) is 0 Å². The second-order valence-electron chi connectivity index (χ2n) is 5.77. The van der Waals surface area contributed by atoms with E-state index >= 15 is 0 Å². The number of carboxylic acid groups (broad SMARTS) is 1. The van der Waals surface area contributed by atoms with Gasteiger partial charge in [0.1, 0.15) is 5.75 Å². The molecule has 0 bridgehead atoms. The van der Waals surface area contributed by atoms with Crippen molar-refractivity contribution in [2.45, 2.75) is 19.8 Å². The highest BCUT2D eigenvalue weighted by Gasteiger charge is 2.32. The molecule has 0 radical (unpaired) electrons. The summed E-state index contributed by atoms with van der Waals surface area (Å²) < 4.78 is 5.25. The van der Waals surface area contributed by atoms with Crippen LogP contribution in [0.2, 0.25) is 5.02 Å². The van der Waals surface area contributed by atoms with E-state index in [1.54, 1.807) is 23.1 Å². The van der Waals surface area contributed by atoms with E-state index in [-0.39, 0.29) is 24.8 Å². The highest BCUT2D eigenvalue weighted by molar-refractivity contribution is 6.31. The molecular weight excluding hydrogens is 306 g/mol. The minimum Gasteiger partial charge on any atom is -0.496 e. The van der Waals surface area contributed by atoms with E-state index in [9.17, 15) is 14.7 Å². The number of methoxy groups -OCH3 is 1. The van der Waals surface area contributed by atoms with Crippen molar-refractivity contribution in [2.75, 3.05) is 20.2 Å². The summed E-state index contributed by atoms with van der Waals surface area (Å²) in [6.07, 6.45) is 0.719. The molecule has 120 valence electrons. The molecule has 0 saturated carbocycles. The second-order valence-corrected chi connectivity index (χ2v) is 6.18. The smallest absolute Gasteiger partial charge is 0.308 e. The van der Waals surface area contributed by atoms with Crippen LogP contribution >= 0.6 is 11.6 Å². The van der Waals surface area contributed by atoms with Gasteiger partial charge in [0.25, 0.3) is 0 Å². The Labute approximate surface area is 134 Å². The summed E-state index contributed by atoms with van der Waals surface area (Å²) in [6, 6.07) is 5.23. The molecule has 6 heteroatoms. The number of benzene rings is 1. The summed E-state index contributed by atoms with van der Waals surface area (Å²) >= 11 is 6.15. The standard InChI is InChI=1S/C16H20ClNO4/c1-10-6-11(16(20)21)9-18(8-10)15(19)7-12-13(17)4-3-5-14(12)22-2/h3-5,10-11H,6-9H2,1-2H3,(H,20,21). The fourth-order valence-electron chi connectivity index (χ4n) is 2.90. The second kappa shape index (κ2) is 7.01. The van der Waals surface area contributed by atoms with Crippen LogP contribution in [-0.4, -0.2) is 42.1 Å². The van der Waals surface area contributed by atoms with Gasteiger partial charge in [-0.2, -0.15) is 0 Å². The first-order valence-electron chi connectivity index (χ1n) is 7.24. The summed E-state index contributed by atoms with van der Waals surface area (Å²) in [5.74, 6) is -0.725. The topological polar surface area (TPSA) is 66.8 Å². The molecule has 1 N–H and O–H groups in total. The molecule has 2 rings (SSSR count). The number of hydrogen-bond donors (Lipinski definition) is 1. The molecule has 1 heterocycles. The molecule has 1 aliphatic heterocycles. The third kappa shape index (κ3) is 3.71. The van der Waals surface area contributed by atoms with Crippen LogP contribution in [0, 0.1) is 11.8 Å². The third-order valence-corrected chi connectivity index (χ3v) is 4.34. The first-order chi connectivity index (χ1) is 10.4. The number of piperidine rings is 1. The predicted molar refractivity (Wildman–Crippen MR) is 83.2 cm³/mol. The lowest BCUT2D eigenvalue weighted by Crippen LogP contribution is -2.46. The summed E-state index contributed by atoms with van der Waals surface area (Å²) in [7, 11) is 1.53. The molecule has 22 heavy (non-hydrogen) atoms. The number of likely N-dealkylation sites (tertiary alicyclic amines) is 1. The van der Waals surface area contributed by atoms with Crippen molar-refractivity contribution in [2.24, 2.45) is 11.8 Å². The lowest BCUT2D eigenvalue weighted by Gasteiger charge is -2.34. The van der Waals surface area contributed by atoms with E-state index in [2.05, 4.69) is 0 Å².